The number of carbonyl (C=O) groups is 2. The second-order valence-corrected chi connectivity index (χ2v) is 20.9. The Balaban J connectivity index is 0.000000333. The topological polar surface area (TPSA) is 143 Å². The Morgan fingerprint density at radius 1 is 0.636 bits per heavy atom. The largest absolute Gasteiger partial charge is 0.491 e. The summed E-state index contributed by atoms with van der Waals surface area (Å²) in [6.07, 6.45) is 16.3. The first-order chi connectivity index (χ1) is 36.7. The Bertz CT molecular complexity index is 2750. The number of ether oxygens (including phenoxy) is 3. The lowest BCUT2D eigenvalue weighted by atomic mass is 9.70. The second-order valence-electron chi connectivity index (χ2n) is 20.9. The third kappa shape index (κ3) is 17.4. The number of hydrogen-bond acceptors (Lipinski definition) is 8. The molecule has 1 aliphatic rings. The Hall–Kier alpha value is -6.10. The third-order valence-electron chi connectivity index (χ3n) is 15.5. The highest BCUT2D eigenvalue weighted by Gasteiger charge is 2.33. The van der Waals surface area contributed by atoms with Crippen LogP contribution in [0.15, 0.2) is 84.9 Å². The molecule has 77 heavy (non-hydrogen) atoms. The molecular weight excluding hydrogens is 961 g/mol. The molecule has 4 atom stereocenters. The lowest BCUT2D eigenvalue weighted by molar-refractivity contribution is -0.142. The van der Waals surface area contributed by atoms with Crippen LogP contribution in [0.1, 0.15) is 201 Å². The zero-order chi connectivity index (χ0) is 56.8. The smallest absolute Gasteiger partial charge is 0.306 e. The number of aliphatic hydroxyl groups excluding tert-OH is 1. The van der Waals surface area contributed by atoms with Crippen LogP contribution in [0, 0.1) is 51.4 Å². The summed E-state index contributed by atoms with van der Waals surface area (Å²) in [6, 6.07) is 25.9. The minimum absolute atomic E-state index is 0.0612. The zero-order valence-corrected chi connectivity index (χ0v) is 48.5. The van der Waals surface area contributed by atoms with E-state index in [0.29, 0.717) is 31.6 Å². The normalized spacial score (nSPS) is 15.5. The predicted octanol–water partition coefficient (Wildman–Crippen LogP) is 14.4. The SMILES string of the molecule is CCCC#CC(O)(/C=C/c1ccc(C(CC)(CC)c2ccc(OC[C@@H](O)CCC(=O)O)c(C)c2)cc1C)CC.CCCC#CC(O)(/C=C/c1ccc(C(CC)(CC)c2ccc(OC[C@@H]3CCC(=O)O3)c(C)c2)cc1C)CC. The first-order valence-corrected chi connectivity index (χ1v) is 28.4. The number of benzene rings is 4. The molecule has 0 radical (unpaired) electrons. The van der Waals surface area contributed by atoms with Crippen LogP contribution in [-0.4, -0.2) is 69.0 Å². The van der Waals surface area contributed by atoms with Crippen LogP contribution < -0.4 is 9.47 Å². The van der Waals surface area contributed by atoms with Crippen LogP contribution in [-0.2, 0) is 25.2 Å². The number of rotatable bonds is 25. The van der Waals surface area contributed by atoms with E-state index in [0.717, 1.165) is 91.4 Å². The summed E-state index contributed by atoms with van der Waals surface area (Å²) in [6.45, 7) is 25.7. The van der Waals surface area contributed by atoms with Crippen molar-refractivity contribution in [2.45, 2.75) is 207 Å². The van der Waals surface area contributed by atoms with Gasteiger partial charge in [-0.25, -0.2) is 0 Å². The van der Waals surface area contributed by atoms with E-state index in [9.17, 15) is 24.9 Å². The maximum Gasteiger partial charge on any atom is 0.306 e. The van der Waals surface area contributed by atoms with Gasteiger partial charge in [-0.1, -0.05) is 152 Å². The van der Waals surface area contributed by atoms with Crippen molar-refractivity contribution in [1.82, 2.24) is 0 Å². The summed E-state index contributed by atoms with van der Waals surface area (Å²) in [5.74, 6) is 12.7. The molecule has 1 saturated heterocycles. The molecule has 0 amide bonds. The minimum atomic E-state index is -1.12. The Kier molecular flexibility index (Phi) is 24.8. The molecule has 0 aliphatic carbocycles. The van der Waals surface area contributed by atoms with E-state index in [4.69, 9.17) is 19.3 Å². The third-order valence-corrected chi connectivity index (χ3v) is 15.5. The van der Waals surface area contributed by atoms with Gasteiger partial charge in [-0.05, 0) is 172 Å². The standard InChI is InChI=1S/C34H46O5.C34H44O4/c1-7-11-12-20-33(38,8-2)21-19-27-13-14-28(22-25(27)5)34(9-3,10-4)29-15-17-31(26(6)23-29)39-24-30(35)16-18-32(36)37;1-7-11-12-20-33(36,8-2)21-19-27-13-14-28(22-25(27)5)34(9-3,10-4)29-15-17-31(26(6)23-29)37-24-30-16-18-32(35)38-30/h13-15,17,19,21-23,30,35,38H,7-11,16,18,24H2,1-6H3,(H,36,37);13-15,17,19,21-23,30,36H,7-11,16,18,24H2,1-6H3/b2*21-19+/t2*30-,33?/m00/s1. The maximum absolute atomic E-state index is 11.4. The van der Waals surface area contributed by atoms with Gasteiger partial charge in [0.1, 0.15) is 42.0 Å². The van der Waals surface area contributed by atoms with Gasteiger partial charge in [-0.15, -0.1) is 0 Å². The number of carboxylic acid groups (broad SMARTS) is 1. The lowest BCUT2D eigenvalue weighted by Gasteiger charge is -2.34. The van der Waals surface area contributed by atoms with E-state index in [1.807, 2.05) is 51.1 Å². The fourth-order valence-electron chi connectivity index (χ4n) is 10.1. The second kappa shape index (κ2) is 30.2. The number of aryl methyl sites for hydroxylation is 4. The van der Waals surface area contributed by atoms with E-state index in [1.165, 1.54) is 27.8 Å². The number of aliphatic carboxylic acids is 1. The predicted molar refractivity (Wildman–Crippen MR) is 314 cm³/mol. The molecule has 416 valence electrons. The number of cyclic esters (lactones) is 1. The molecule has 9 heteroatoms. The summed E-state index contributed by atoms with van der Waals surface area (Å²) >= 11 is 0. The zero-order valence-electron chi connectivity index (χ0n) is 48.5. The maximum atomic E-state index is 11.4. The van der Waals surface area contributed by atoms with Crippen molar-refractivity contribution in [2.24, 2.45) is 0 Å². The fraction of sp³-hybridized carbons (Fsp3) is 0.500. The number of aliphatic hydroxyl groups is 3. The molecule has 5 rings (SSSR count). The van der Waals surface area contributed by atoms with Gasteiger partial charge in [-0.3, -0.25) is 9.59 Å². The van der Waals surface area contributed by atoms with Crippen LogP contribution in [0.5, 0.6) is 11.5 Å². The van der Waals surface area contributed by atoms with Gasteiger partial charge in [0.15, 0.2) is 0 Å². The van der Waals surface area contributed by atoms with Crippen LogP contribution in [0.3, 0.4) is 0 Å². The molecule has 0 spiro atoms. The number of unbranched alkanes of at least 4 members (excludes halogenated alkanes) is 2. The molecule has 0 aromatic heterocycles. The highest BCUT2D eigenvalue weighted by Crippen LogP contribution is 2.43. The van der Waals surface area contributed by atoms with Gasteiger partial charge in [0, 0.05) is 36.5 Å². The van der Waals surface area contributed by atoms with Crippen molar-refractivity contribution in [3.05, 3.63) is 141 Å². The number of carboxylic acids is 1. The van der Waals surface area contributed by atoms with Gasteiger partial charge < -0.3 is 34.6 Å². The van der Waals surface area contributed by atoms with Crippen LogP contribution >= 0.6 is 0 Å². The van der Waals surface area contributed by atoms with Crippen molar-refractivity contribution in [3.63, 3.8) is 0 Å². The summed E-state index contributed by atoms with van der Waals surface area (Å²) in [7, 11) is 0. The molecule has 2 unspecified atom stereocenters. The first kappa shape index (κ1) is 63.4. The van der Waals surface area contributed by atoms with E-state index in [-0.39, 0.29) is 42.4 Å². The number of hydrogen-bond donors (Lipinski definition) is 4. The van der Waals surface area contributed by atoms with Gasteiger partial charge in [-0.2, -0.15) is 0 Å². The van der Waals surface area contributed by atoms with E-state index in [2.05, 4.69) is 153 Å². The Morgan fingerprint density at radius 3 is 1.40 bits per heavy atom. The van der Waals surface area contributed by atoms with Crippen LogP contribution in [0.25, 0.3) is 12.2 Å². The van der Waals surface area contributed by atoms with Crippen molar-refractivity contribution in [3.8, 4) is 35.2 Å². The van der Waals surface area contributed by atoms with Gasteiger partial charge in [0.05, 0.1) is 6.10 Å². The molecule has 0 saturated carbocycles. The lowest BCUT2D eigenvalue weighted by Crippen LogP contribution is -2.26. The monoisotopic (exact) mass is 1050 g/mol. The molecule has 1 heterocycles. The molecule has 0 bridgehead atoms. The van der Waals surface area contributed by atoms with Crippen molar-refractivity contribution >= 4 is 24.1 Å². The van der Waals surface area contributed by atoms with Gasteiger partial charge >= 0.3 is 11.9 Å². The summed E-state index contributed by atoms with van der Waals surface area (Å²) < 4.78 is 17.1. The quantitative estimate of drug-likeness (QED) is 0.0377. The Morgan fingerprint density at radius 2 is 1.05 bits per heavy atom. The average molecular weight is 1050 g/mol. The van der Waals surface area contributed by atoms with Crippen LogP contribution in [0.4, 0.5) is 0 Å². The minimum Gasteiger partial charge on any atom is -0.491 e. The number of esters is 1. The highest BCUT2D eigenvalue weighted by atomic mass is 16.6. The summed E-state index contributed by atoms with van der Waals surface area (Å²) in [5, 5.41) is 40.6. The van der Waals surface area contributed by atoms with E-state index >= 15 is 0 Å². The average Bonchev–Trinajstić information content (AvgIpc) is 3.88. The van der Waals surface area contributed by atoms with Gasteiger partial charge in [0.25, 0.3) is 0 Å². The van der Waals surface area contributed by atoms with Crippen molar-refractivity contribution in [2.75, 3.05) is 13.2 Å². The van der Waals surface area contributed by atoms with Crippen molar-refractivity contribution in [1.29, 1.82) is 0 Å². The Labute approximate surface area is 462 Å². The summed E-state index contributed by atoms with van der Waals surface area (Å²) in [5.41, 5.74) is 9.02. The molecule has 4 aromatic rings. The molecule has 9 nitrogen and oxygen atoms in total. The first-order valence-electron chi connectivity index (χ1n) is 28.4. The highest BCUT2D eigenvalue weighted by molar-refractivity contribution is 5.71. The molecule has 1 aliphatic heterocycles. The van der Waals surface area contributed by atoms with Crippen molar-refractivity contribution < 1.29 is 44.2 Å². The molecule has 1 fully saturated rings. The number of carbonyl (C=O) groups excluding carboxylic acids is 1. The van der Waals surface area contributed by atoms with Gasteiger partial charge in [0.2, 0.25) is 0 Å². The van der Waals surface area contributed by atoms with E-state index < -0.39 is 23.3 Å². The summed E-state index contributed by atoms with van der Waals surface area (Å²) in [4.78, 5) is 22.1. The molecule has 4 aromatic carbocycles. The molecular formula is C68H90O9. The molecule has 4 N–H and O–H groups in total. The van der Waals surface area contributed by atoms with E-state index in [1.54, 1.807) is 0 Å². The fourth-order valence-corrected chi connectivity index (χ4v) is 10.1. The van der Waals surface area contributed by atoms with Crippen LogP contribution in [0.2, 0.25) is 0 Å².